The smallest absolute Gasteiger partial charge is 0.308 e. The topological polar surface area (TPSA) is 52.6 Å². The number of ether oxygens (including phenoxy) is 2. The van der Waals surface area contributed by atoms with Crippen molar-refractivity contribution in [2.45, 2.75) is 33.1 Å². The van der Waals surface area contributed by atoms with Crippen molar-refractivity contribution in [3.63, 3.8) is 0 Å². The highest BCUT2D eigenvalue weighted by atomic mass is 16.5. The second-order valence-electron chi connectivity index (χ2n) is 5.92. The van der Waals surface area contributed by atoms with E-state index in [1.807, 2.05) is 6.92 Å². The summed E-state index contributed by atoms with van der Waals surface area (Å²) in [5, 5.41) is 0. The highest BCUT2D eigenvalue weighted by molar-refractivity contribution is 5.75. The Kier molecular flexibility index (Phi) is 3.70. The van der Waals surface area contributed by atoms with Crippen LogP contribution in [0.15, 0.2) is 12.2 Å². The van der Waals surface area contributed by atoms with Crippen molar-refractivity contribution >= 4 is 11.9 Å². The second-order valence-corrected chi connectivity index (χ2v) is 5.92. The summed E-state index contributed by atoms with van der Waals surface area (Å²) in [6, 6.07) is 0. The fraction of sp³-hybridized carbons (Fsp3) is 0.733. The van der Waals surface area contributed by atoms with Gasteiger partial charge in [-0.1, -0.05) is 26.0 Å². The molecule has 106 valence electrons. The minimum absolute atomic E-state index is 0.0788. The molecule has 19 heavy (non-hydrogen) atoms. The van der Waals surface area contributed by atoms with Gasteiger partial charge in [0.05, 0.1) is 19.4 Å². The molecule has 1 saturated carbocycles. The molecule has 0 amide bonds. The Morgan fingerprint density at radius 3 is 2.74 bits per heavy atom. The van der Waals surface area contributed by atoms with Crippen LogP contribution in [0, 0.1) is 23.2 Å². The van der Waals surface area contributed by atoms with Crippen LogP contribution in [0.1, 0.15) is 33.1 Å². The quantitative estimate of drug-likeness (QED) is 0.568. The van der Waals surface area contributed by atoms with Gasteiger partial charge in [0.15, 0.2) is 0 Å². The van der Waals surface area contributed by atoms with E-state index in [1.54, 1.807) is 0 Å². The number of carbonyl (C=O) groups is 2. The van der Waals surface area contributed by atoms with E-state index in [4.69, 9.17) is 9.47 Å². The molecule has 1 aliphatic carbocycles. The number of hydrogen-bond acceptors (Lipinski definition) is 4. The lowest BCUT2D eigenvalue weighted by Gasteiger charge is -2.46. The molecule has 0 aromatic carbocycles. The first-order valence-electron chi connectivity index (χ1n) is 6.85. The molecule has 4 heteroatoms. The van der Waals surface area contributed by atoms with Gasteiger partial charge in [0.25, 0.3) is 0 Å². The maximum absolute atomic E-state index is 11.8. The van der Waals surface area contributed by atoms with Gasteiger partial charge in [-0.15, -0.1) is 0 Å². The van der Waals surface area contributed by atoms with Crippen molar-refractivity contribution in [3.05, 3.63) is 12.2 Å². The highest BCUT2D eigenvalue weighted by Gasteiger charge is 2.54. The van der Waals surface area contributed by atoms with Gasteiger partial charge in [-0.25, -0.2) is 0 Å². The van der Waals surface area contributed by atoms with Gasteiger partial charge in [-0.2, -0.15) is 0 Å². The maximum atomic E-state index is 11.8. The van der Waals surface area contributed by atoms with Crippen molar-refractivity contribution in [3.8, 4) is 0 Å². The molecule has 2 unspecified atom stereocenters. The fourth-order valence-corrected chi connectivity index (χ4v) is 3.70. The molecule has 2 rings (SSSR count). The van der Waals surface area contributed by atoms with Crippen LogP contribution >= 0.6 is 0 Å². The van der Waals surface area contributed by atoms with E-state index in [9.17, 15) is 9.59 Å². The molecule has 0 aromatic heterocycles. The standard InChI is InChI=1S/C15H22O4/c1-9-5-6-12(10(2)14(17)18-4)15(11(9)3)7-13(16)19-8-15/h9-10,12H,3,5-8H2,1-2,4H3/t9?,10-,12+,15?/m0/s1. The van der Waals surface area contributed by atoms with E-state index in [-0.39, 0.29) is 29.2 Å². The molecule has 2 fully saturated rings. The first-order valence-corrected chi connectivity index (χ1v) is 6.85. The van der Waals surface area contributed by atoms with Crippen molar-refractivity contribution in [2.75, 3.05) is 13.7 Å². The van der Waals surface area contributed by atoms with Crippen LogP contribution in [0.25, 0.3) is 0 Å². The van der Waals surface area contributed by atoms with Crippen LogP contribution < -0.4 is 0 Å². The van der Waals surface area contributed by atoms with Gasteiger partial charge in [-0.05, 0) is 24.7 Å². The third-order valence-corrected chi connectivity index (χ3v) is 4.98. The number of esters is 2. The number of rotatable bonds is 2. The number of methoxy groups -OCH3 is 1. The van der Waals surface area contributed by atoms with Crippen molar-refractivity contribution in [1.29, 1.82) is 0 Å². The van der Waals surface area contributed by atoms with E-state index < -0.39 is 0 Å². The second kappa shape index (κ2) is 4.99. The van der Waals surface area contributed by atoms with Crippen LogP contribution in [0.5, 0.6) is 0 Å². The third-order valence-electron chi connectivity index (χ3n) is 4.98. The zero-order chi connectivity index (χ0) is 14.2. The molecular formula is C15H22O4. The molecule has 0 bridgehead atoms. The molecule has 1 aliphatic heterocycles. The molecule has 4 nitrogen and oxygen atoms in total. The summed E-state index contributed by atoms with van der Waals surface area (Å²) in [7, 11) is 1.40. The van der Waals surface area contributed by atoms with Gasteiger partial charge >= 0.3 is 11.9 Å². The zero-order valence-electron chi connectivity index (χ0n) is 11.9. The predicted octanol–water partition coefficient (Wildman–Crippen LogP) is 2.33. The molecule has 2 aliphatic rings. The van der Waals surface area contributed by atoms with Gasteiger partial charge in [0, 0.05) is 5.41 Å². The van der Waals surface area contributed by atoms with Crippen LogP contribution in [0.3, 0.4) is 0 Å². The lowest BCUT2D eigenvalue weighted by Crippen LogP contribution is -2.44. The molecule has 0 aromatic rings. The van der Waals surface area contributed by atoms with Crippen LogP contribution in [-0.2, 0) is 19.1 Å². The molecule has 1 heterocycles. The fourth-order valence-electron chi connectivity index (χ4n) is 3.70. The number of cyclic esters (lactones) is 1. The Hall–Kier alpha value is -1.32. The minimum Gasteiger partial charge on any atom is -0.469 e. The molecular weight excluding hydrogens is 244 g/mol. The number of carbonyl (C=O) groups excluding carboxylic acids is 2. The summed E-state index contributed by atoms with van der Waals surface area (Å²) in [6.07, 6.45) is 2.26. The molecule has 1 spiro atoms. The number of hydrogen-bond donors (Lipinski definition) is 0. The molecule has 0 N–H and O–H groups in total. The molecule has 0 radical (unpaired) electrons. The van der Waals surface area contributed by atoms with Crippen molar-refractivity contribution in [2.24, 2.45) is 23.2 Å². The molecule has 1 saturated heterocycles. The Morgan fingerprint density at radius 1 is 1.53 bits per heavy atom. The zero-order valence-corrected chi connectivity index (χ0v) is 11.9. The third kappa shape index (κ3) is 2.17. The van der Waals surface area contributed by atoms with E-state index in [2.05, 4.69) is 13.5 Å². The lowest BCUT2D eigenvalue weighted by atomic mass is 9.57. The van der Waals surface area contributed by atoms with Gasteiger partial charge in [0.1, 0.15) is 6.61 Å². The Balaban J connectivity index is 2.33. The Labute approximate surface area is 114 Å². The summed E-state index contributed by atoms with van der Waals surface area (Å²) in [4.78, 5) is 23.4. The monoisotopic (exact) mass is 266 g/mol. The van der Waals surface area contributed by atoms with E-state index >= 15 is 0 Å². The average molecular weight is 266 g/mol. The average Bonchev–Trinajstić information content (AvgIpc) is 2.78. The normalized spacial score (nSPS) is 36.2. The van der Waals surface area contributed by atoms with E-state index in [1.165, 1.54) is 7.11 Å². The Bertz CT molecular complexity index is 414. The van der Waals surface area contributed by atoms with Gasteiger partial charge < -0.3 is 9.47 Å². The van der Waals surface area contributed by atoms with Gasteiger partial charge in [0.2, 0.25) is 0 Å². The van der Waals surface area contributed by atoms with Crippen molar-refractivity contribution in [1.82, 2.24) is 0 Å². The van der Waals surface area contributed by atoms with Crippen molar-refractivity contribution < 1.29 is 19.1 Å². The first kappa shape index (κ1) is 14.1. The van der Waals surface area contributed by atoms with Crippen LogP contribution in [0.4, 0.5) is 0 Å². The largest absolute Gasteiger partial charge is 0.469 e. The minimum atomic E-state index is -0.373. The van der Waals surface area contributed by atoms with E-state index in [0.29, 0.717) is 18.9 Å². The van der Waals surface area contributed by atoms with Gasteiger partial charge in [-0.3, -0.25) is 9.59 Å². The van der Waals surface area contributed by atoms with Crippen LogP contribution in [0.2, 0.25) is 0 Å². The summed E-state index contributed by atoms with van der Waals surface area (Å²) in [5.74, 6) is -0.183. The SMILES string of the molecule is C=C1C(C)CC[C@H]([C@H](C)C(=O)OC)C12COC(=O)C2. The molecule has 4 atom stereocenters. The first-order chi connectivity index (χ1) is 8.92. The summed E-state index contributed by atoms with van der Waals surface area (Å²) in [5.41, 5.74) is 0.688. The van der Waals surface area contributed by atoms with E-state index in [0.717, 1.165) is 18.4 Å². The summed E-state index contributed by atoms with van der Waals surface area (Å²) >= 11 is 0. The van der Waals surface area contributed by atoms with Crippen LogP contribution in [-0.4, -0.2) is 25.7 Å². The lowest BCUT2D eigenvalue weighted by molar-refractivity contribution is -0.149. The summed E-state index contributed by atoms with van der Waals surface area (Å²) in [6.45, 7) is 8.57. The predicted molar refractivity (Wildman–Crippen MR) is 70.2 cm³/mol. The maximum Gasteiger partial charge on any atom is 0.308 e. The Morgan fingerprint density at radius 2 is 2.21 bits per heavy atom. The highest BCUT2D eigenvalue weighted by Crippen LogP contribution is 2.54. The summed E-state index contributed by atoms with van der Waals surface area (Å²) < 4.78 is 10.1.